The molecule has 15 heavy (non-hydrogen) atoms. The molecule has 0 radical (unpaired) electrons. The molecule has 2 unspecified atom stereocenters. The van der Waals surface area contributed by atoms with Crippen LogP contribution in [0, 0.1) is 0 Å². The van der Waals surface area contributed by atoms with Crippen LogP contribution in [0.5, 0.6) is 0 Å². The molecule has 0 aromatic carbocycles. The van der Waals surface area contributed by atoms with Crippen molar-refractivity contribution in [2.45, 2.75) is 57.3 Å². The van der Waals surface area contributed by atoms with Crippen LogP contribution in [0.2, 0.25) is 0 Å². The second-order valence-electron chi connectivity index (χ2n) is 3.68. The Balaban J connectivity index is 0. The first-order chi connectivity index (χ1) is 6.38. The largest absolute Gasteiger partial charge is 1.00 e. The summed E-state index contributed by atoms with van der Waals surface area (Å²) < 4.78 is 32.3. The molecule has 0 heterocycles. The Labute approximate surface area is 135 Å². The molecule has 0 saturated heterocycles. The van der Waals surface area contributed by atoms with Gasteiger partial charge in [-0.15, -0.1) is 0 Å². The third-order valence-corrected chi connectivity index (χ3v) is 3.45. The Morgan fingerprint density at radius 2 is 1.80 bits per heavy atom. The van der Waals surface area contributed by atoms with Crippen molar-refractivity contribution in [3.05, 3.63) is 0 Å². The Bertz CT molecular complexity index is 238. The van der Waals surface area contributed by atoms with Gasteiger partial charge in [-0.1, -0.05) is 13.3 Å². The first-order valence-electron chi connectivity index (χ1n) is 5.00. The zero-order valence-electron chi connectivity index (χ0n) is 9.77. The van der Waals surface area contributed by atoms with E-state index in [0.29, 0.717) is 32.1 Å². The van der Waals surface area contributed by atoms with E-state index in [4.69, 9.17) is 5.11 Å². The van der Waals surface area contributed by atoms with Crippen LogP contribution < -0.4 is 51.4 Å². The molecule has 0 aliphatic carbocycles. The summed E-state index contributed by atoms with van der Waals surface area (Å²) in [7, 11) is -4.16. The second-order valence-corrected chi connectivity index (χ2v) is 5.34. The van der Waals surface area contributed by atoms with Crippen molar-refractivity contribution >= 4 is 10.1 Å². The molecule has 4 nitrogen and oxygen atoms in total. The van der Waals surface area contributed by atoms with Gasteiger partial charge in [-0.2, -0.15) is 0 Å². The SMILES string of the molecule is CCCC(CCCC(C)O)S(=O)(=O)[O-].[K+]. The number of hydrogen-bond acceptors (Lipinski definition) is 4. The minimum absolute atomic E-state index is 0. The maximum atomic E-state index is 10.8. The molecule has 0 amide bonds. The van der Waals surface area contributed by atoms with E-state index in [1.165, 1.54) is 0 Å². The van der Waals surface area contributed by atoms with Gasteiger partial charge in [0, 0.05) is 5.25 Å². The molecule has 0 saturated carbocycles. The maximum absolute atomic E-state index is 10.8. The van der Waals surface area contributed by atoms with Crippen molar-refractivity contribution in [2.75, 3.05) is 0 Å². The molecule has 1 N–H and O–H groups in total. The molecule has 0 aromatic rings. The van der Waals surface area contributed by atoms with Gasteiger partial charge in [0.15, 0.2) is 0 Å². The molecule has 0 aromatic heterocycles. The Kier molecular flexibility index (Phi) is 12.0. The van der Waals surface area contributed by atoms with Crippen molar-refractivity contribution in [3.8, 4) is 0 Å². The zero-order valence-corrected chi connectivity index (χ0v) is 13.7. The van der Waals surface area contributed by atoms with E-state index in [9.17, 15) is 13.0 Å². The van der Waals surface area contributed by atoms with Crippen LogP contribution in [0.3, 0.4) is 0 Å². The standard InChI is InChI=1S/C9H20O4S.K/c1-3-5-9(14(11,12)13)7-4-6-8(2)10;/h8-10H,3-7H2,1-2H3,(H,11,12,13);/q;+1/p-1. The van der Waals surface area contributed by atoms with Gasteiger partial charge in [0.25, 0.3) is 0 Å². The molecule has 0 bridgehead atoms. The minimum Gasteiger partial charge on any atom is -0.748 e. The quantitative estimate of drug-likeness (QED) is 0.436. The van der Waals surface area contributed by atoms with Crippen molar-refractivity contribution in [1.82, 2.24) is 0 Å². The number of rotatable bonds is 7. The van der Waals surface area contributed by atoms with Crippen LogP contribution in [-0.2, 0) is 10.1 Å². The van der Waals surface area contributed by atoms with Gasteiger partial charge < -0.3 is 9.66 Å². The molecule has 2 atom stereocenters. The summed E-state index contributed by atoms with van der Waals surface area (Å²) >= 11 is 0. The van der Waals surface area contributed by atoms with Crippen molar-refractivity contribution in [1.29, 1.82) is 0 Å². The second kappa shape index (κ2) is 9.53. The van der Waals surface area contributed by atoms with E-state index in [-0.39, 0.29) is 51.4 Å². The summed E-state index contributed by atoms with van der Waals surface area (Å²) in [4.78, 5) is 0. The van der Waals surface area contributed by atoms with Gasteiger partial charge in [-0.3, -0.25) is 0 Å². The predicted molar refractivity (Wildman–Crippen MR) is 53.9 cm³/mol. The summed E-state index contributed by atoms with van der Waals surface area (Å²) in [6.45, 7) is 3.51. The number of aliphatic hydroxyl groups excluding tert-OH is 1. The van der Waals surface area contributed by atoms with E-state index >= 15 is 0 Å². The Hall–Kier alpha value is 1.51. The molecule has 0 spiro atoms. The predicted octanol–water partition coefficient (Wildman–Crippen LogP) is -1.74. The summed E-state index contributed by atoms with van der Waals surface area (Å²) in [5, 5.41) is 8.20. The molecule has 6 heteroatoms. The Morgan fingerprint density at radius 3 is 2.13 bits per heavy atom. The average Bonchev–Trinajstić information content (AvgIpc) is 2.00. The molecule has 0 fully saturated rings. The molecule has 0 rings (SSSR count). The number of aliphatic hydroxyl groups is 1. The summed E-state index contributed by atoms with van der Waals surface area (Å²) in [5.41, 5.74) is 0. The fourth-order valence-electron chi connectivity index (χ4n) is 1.40. The molecular weight excluding hydrogens is 243 g/mol. The van der Waals surface area contributed by atoms with E-state index in [0.717, 1.165) is 0 Å². The molecule has 0 aliphatic rings. The monoisotopic (exact) mass is 262 g/mol. The van der Waals surface area contributed by atoms with Crippen LogP contribution in [0.1, 0.15) is 46.0 Å². The average molecular weight is 262 g/mol. The van der Waals surface area contributed by atoms with Crippen LogP contribution in [0.4, 0.5) is 0 Å². The third kappa shape index (κ3) is 10.4. The van der Waals surface area contributed by atoms with Crippen LogP contribution in [0.25, 0.3) is 0 Å². The normalized spacial score (nSPS) is 15.5. The first kappa shape index (κ1) is 18.9. The van der Waals surface area contributed by atoms with Crippen LogP contribution in [0.15, 0.2) is 0 Å². The fourth-order valence-corrected chi connectivity index (χ4v) is 2.38. The number of hydrogen-bond donors (Lipinski definition) is 1. The van der Waals surface area contributed by atoms with E-state index < -0.39 is 21.5 Å². The van der Waals surface area contributed by atoms with Gasteiger partial charge >= 0.3 is 51.4 Å². The summed E-state index contributed by atoms with van der Waals surface area (Å²) in [6, 6.07) is 0. The van der Waals surface area contributed by atoms with Gasteiger partial charge in [-0.05, 0) is 32.6 Å². The minimum atomic E-state index is -4.16. The van der Waals surface area contributed by atoms with Gasteiger partial charge in [0.2, 0.25) is 0 Å². The van der Waals surface area contributed by atoms with E-state index in [1.54, 1.807) is 6.92 Å². The van der Waals surface area contributed by atoms with Crippen molar-refractivity contribution in [3.63, 3.8) is 0 Å². The van der Waals surface area contributed by atoms with Crippen molar-refractivity contribution in [2.24, 2.45) is 0 Å². The smallest absolute Gasteiger partial charge is 0.748 e. The van der Waals surface area contributed by atoms with Gasteiger partial charge in [0.05, 0.1) is 16.2 Å². The molecule has 0 aliphatic heterocycles. The van der Waals surface area contributed by atoms with Gasteiger partial charge in [0.1, 0.15) is 0 Å². The third-order valence-electron chi connectivity index (χ3n) is 2.17. The van der Waals surface area contributed by atoms with Crippen LogP contribution in [-0.4, -0.2) is 29.4 Å². The maximum Gasteiger partial charge on any atom is 1.00 e. The topological polar surface area (TPSA) is 77.4 Å². The Morgan fingerprint density at radius 1 is 1.27 bits per heavy atom. The van der Waals surface area contributed by atoms with Crippen LogP contribution >= 0.6 is 0 Å². The fraction of sp³-hybridized carbons (Fsp3) is 1.00. The first-order valence-corrected chi connectivity index (χ1v) is 6.47. The molecule has 86 valence electrons. The molecular formula is C9H19KO4S. The van der Waals surface area contributed by atoms with E-state index in [2.05, 4.69) is 0 Å². The zero-order chi connectivity index (χ0) is 11.2. The van der Waals surface area contributed by atoms with Gasteiger partial charge in [-0.25, -0.2) is 8.42 Å². The van der Waals surface area contributed by atoms with Crippen molar-refractivity contribution < 1.29 is 69.5 Å². The summed E-state index contributed by atoms with van der Waals surface area (Å²) in [6.07, 6.45) is 2.20. The van der Waals surface area contributed by atoms with E-state index in [1.807, 2.05) is 6.92 Å². The summed E-state index contributed by atoms with van der Waals surface area (Å²) in [5.74, 6) is 0.